The summed E-state index contributed by atoms with van der Waals surface area (Å²) in [6.07, 6.45) is 0. The fraction of sp³-hybridized carbons (Fsp3) is 0. The van der Waals surface area contributed by atoms with E-state index in [2.05, 4.69) is 11.5 Å². The quantitative estimate of drug-likeness (QED) is 0.376. The molecule has 0 atom stereocenters. The van der Waals surface area contributed by atoms with Crippen molar-refractivity contribution >= 4 is 6.03 Å². The van der Waals surface area contributed by atoms with E-state index in [1.54, 1.807) is 0 Å². The molecular weight excluding hydrogens is 56.0 g/mol. The highest BCUT2D eigenvalue weighted by molar-refractivity contribution is 5.69. The Bertz CT molecular complexity index is 32.6. The summed E-state index contributed by atoms with van der Waals surface area (Å²) in [4.78, 5) is 9.00. The molecule has 0 aromatic rings. The highest BCUT2D eigenvalue weighted by atomic mass is 16.2. The Kier molecular flexibility index (Phi) is 0.581. The fourth-order valence-corrected chi connectivity index (χ4v) is 0. The van der Waals surface area contributed by atoms with Crippen molar-refractivity contribution in [3.63, 3.8) is 0 Å². The molecule has 0 aromatic carbocycles. The largest absolute Gasteiger partial charge is 0.352 e. The second-order valence-corrected chi connectivity index (χ2v) is 0.402. The molecule has 0 heterocycles. The Balaban J connectivity index is 0. The topological polar surface area (TPSA) is 69.1 Å². The predicted octanol–water partition coefficient (Wildman–Crippen LogP) is -0.864. The van der Waals surface area contributed by atoms with Crippen molar-refractivity contribution in [3.8, 4) is 0 Å². The van der Waals surface area contributed by atoms with Crippen LogP contribution in [-0.4, -0.2) is 6.03 Å². The fourth-order valence-electron chi connectivity index (χ4n) is 0. The van der Waals surface area contributed by atoms with Gasteiger partial charge in [0.15, 0.2) is 0 Å². The number of carbonyl (C=O) groups excluding carboxylic acids is 1. The van der Waals surface area contributed by atoms with Crippen LogP contribution in [0.15, 0.2) is 0 Å². The summed E-state index contributed by atoms with van der Waals surface area (Å²) >= 11 is 0. The minimum Gasteiger partial charge on any atom is -0.352 e. The lowest BCUT2D eigenvalue weighted by Gasteiger charge is -1.62. The average Bonchev–Trinajstić information content (AvgIpc) is 0.811. The maximum absolute atomic E-state index is 9.00. The van der Waals surface area contributed by atoms with Crippen LogP contribution in [0.1, 0.15) is 1.43 Å². The van der Waals surface area contributed by atoms with Gasteiger partial charge in [0.05, 0.1) is 0 Å². The normalized spacial score (nSPS) is 6.00. The summed E-state index contributed by atoms with van der Waals surface area (Å²) in [7, 11) is 0. The molecule has 4 heavy (non-hydrogen) atoms. The van der Waals surface area contributed by atoms with Gasteiger partial charge in [-0.3, -0.25) is 0 Å². The minimum absolute atomic E-state index is 0. The average molecular weight is 61.1 g/mol. The van der Waals surface area contributed by atoms with Crippen molar-refractivity contribution in [2.75, 3.05) is 0 Å². The first-order valence-corrected chi connectivity index (χ1v) is 0.781. The van der Waals surface area contributed by atoms with E-state index in [0.717, 1.165) is 0 Å². The number of urea groups is 1. The van der Waals surface area contributed by atoms with Crippen molar-refractivity contribution in [2.24, 2.45) is 11.5 Å². The van der Waals surface area contributed by atoms with Crippen LogP contribution in [0.25, 0.3) is 0 Å². The van der Waals surface area contributed by atoms with Crippen LogP contribution >= 0.6 is 0 Å². The molecule has 0 rings (SSSR count). The van der Waals surface area contributed by atoms with Gasteiger partial charge < -0.3 is 11.5 Å². The van der Waals surface area contributed by atoms with Gasteiger partial charge in [0.25, 0.3) is 0 Å². The monoisotopic (exact) mass is 61.0 g/mol. The molecule has 0 saturated carbocycles. The number of hydrogen-bond donors (Lipinski definition) is 2. The second kappa shape index (κ2) is 0.711. The lowest BCUT2D eigenvalue weighted by Crippen LogP contribution is -2.18. The van der Waals surface area contributed by atoms with E-state index in [9.17, 15) is 0 Å². The summed E-state index contributed by atoms with van der Waals surface area (Å²) in [6, 6.07) is -0.833. The zero-order chi connectivity index (χ0) is 3.58. The molecule has 4 N–H and O–H groups in total. The van der Waals surface area contributed by atoms with Crippen LogP contribution in [-0.2, 0) is 0 Å². The van der Waals surface area contributed by atoms with E-state index in [1.165, 1.54) is 0 Å². The van der Waals surface area contributed by atoms with Crippen LogP contribution in [0.4, 0.5) is 4.79 Å². The molecule has 2 amide bonds. The van der Waals surface area contributed by atoms with Crippen molar-refractivity contribution in [1.82, 2.24) is 0 Å². The van der Waals surface area contributed by atoms with E-state index in [4.69, 9.17) is 4.79 Å². The summed E-state index contributed by atoms with van der Waals surface area (Å²) in [5.41, 5.74) is 8.50. The molecule has 0 aromatic heterocycles. The van der Waals surface area contributed by atoms with E-state index < -0.39 is 6.03 Å². The van der Waals surface area contributed by atoms with Gasteiger partial charge in [0.1, 0.15) is 0 Å². The highest BCUT2D eigenvalue weighted by Gasteiger charge is 1.60. The Labute approximate surface area is 25.1 Å². The predicted molar refractivity (Wildman–Crippen MR) is 14.9 cm³/mol. The molecule has 3 nitrogen and oxygen atoms in total. The number of amides is 2. The lowest BCUT2D eigenvalue weighted by molar-refractivity contribution is 0.256. The number of carbonyl (C=O) groups is 1. The van der Waals surface area contributed by atoms with Gasteiger partial charge in [0.2, 0.25) is 0 Å². The third kappa shape index (κ3) is 0.174. The van der Waals surface area contributed by atoms with Gasteiger partial charge in [-0.15, -0.1) is 0 Å². The first-order valence-electron chi connectivity index (χ1n) is 0.781. The van der Waals surface area contributed by atoms with Crippen molar-refractivity contribution < 1.29 is 6.22 Å². The first kappa shape index (κ1) is 3.27. The van der Waals surface area contributed by atoms with E-state index in [-0.39, 0.29) is 1.43 Å². The van der Waals surface area contributed by atoms with Gasteiger partial charge in [-0.2, -0.15) is 0 Å². The van der Waals surface area contributed by atoms with Crippen LogP contribution in [0.2, 0.25) is 0 Å². The molecular formula is CH5N2O. The second-order valence-electron chi connectivity index (χ2n) is 0.402. The van der Waals surface area contributed by atoms with Gasteiger partial charge in [0, 0.05) is 1.43 Å². The number of nitrogens with two attached hydrogens (primary N) is 2. The molecule has 0 spiro atoms. The SMILES string of the molecule is NC(N)=O.[H]. The van der Waals surface area contributed by atoms with Crippen LogP contribution in [0.3, 0.4) is 0 Å². The lowest BCUT2D eigenvalue weighted by atomic mass is 11.2. The van der Waals surface area contributed by atoms with E-state index >= 15 is 0 Å². The molecule has 0 fully saturated rings. The van der Waals surface area contributed by atoms with Gasteiger partial charge >= 0.3 is 6.03 Å². The zero-order valence-corrected chi connectivity index (χ0v) is 2.06. The van der Waals surface area contributed by atoms with Crippen LogP contribution < -0.4 is 11.5 Å². The van der Waals surface area contributed by atoms with Gasteiger partial charge in [-0.05, 0) is 0 Å². The maximum Gasteiger partial charge on any atom is 0.309 e. The molecule has 3 heteroatoms. The Hall–Kier alpha value is -0.730. The summed E-state index contributed by atoms with van der Waals surface area (Å²) in [5, 5.41) is 0. The molecule has 0 aliphatic heterocycles. The first-order chi connectivity index (χ1) is 1.73. The summed E-state index contributed by atoms with van der Waals surface area (Å²) in [6.45, 7) is 0. The van der Waals surface area contributed by atoms with E-state index in [1.807, 2.05) is 0 Å². The van der Waals surface area contributed by atoms with Gasteiger partial charge in [-0.1, -0.05) is 0 Å². The number of hydrogen-bond acceptors (Lipinski definition) is 1. The van der Waals surface area contributed by atoms with Crippen LogP contribution in [0.5, 0.6) is 0 Å². The number of primary amides is 2. The van der Waals surface area contributed by atoms with Crippen LogP contribution in [0, 0.1) is 0 Å². The molecule has 0 unspecified atom stereocenters. The maximum atomic E-state index is 9.00. The summed E-state index contributed by atoms with van der Waals surface area (Å²) < 4.78 is 0. The molecule has 1 radical (unpaired) electrons. The molecule has 0 aliphatic rings. The molecule has 0 aliphatic carbocycles. The molecule has 0 bridgehead atoms. The number of rotatable bonds is 0. The molecule has 0 saturated heterocycles. The van der Waals surface area contributed by atoms with Crippen molar-refractivity contribution in [2.45, 2.75) is 0 Å². The third-order valence-corrected chi connectivity index (χ3v) is 0. The zero-order valence-electron chi connectivity index (χ0n) is 3.06. The third-order valence-electron chi connectivity index (χ3n) is 0. The van der Waals surface area contributed by atoms with E-state index in [0.29, 0.717) is 0 Å². The minimum atomic E-state index is -0.833. The summed E-state index contributed by atoms with van der Waals surface area (Å²) in [5.74, 6) is 0. The highest BCUT2D eigenvalue weighted by Crippen LogP contribution is 1.25. The Morgan fingerprint density at radius 1 is 1.75 bits per heavy atom. The molecule has 25 valence electrons. The Morgan fingerprint density at radius 2 is 1.75 bits per heavy atom. The van der Waals surface area contributed by atoms with Gasteiger partial charge in [-0.25, -0.2) is 4.79 Å². The Morgan fingerprint density at radius 3 is 1.75 bits per heavy atom. The van der Waals surface area contributed by atoms with Crippen molar-refractivity contribution in [1.29, 1.82) is 0 Å². The standard InChI is InChI=1S/CH4N2O.H/c2-1(3)4;/h(H4,2,3,4);. The van der Waals surface area contributed by atoms with Crippen molar-refractivity contribution in [3.05, 3.63) is 0 Å². The smallest absolute Gasteiger partial charge is 0.309 e.